The lowest BCUT2D eigenvalue weighted by Crippen LogP contribution is -2.16. The van der Waals surface area contributed by atoms with Crippen molar-refractivity contribution in [1.82, 2.24) is 10.3 Å². The molecule has 3 nitrogen and oxygen atoms in total. The number of fused-ring (bicyclic) bond motifs is 3. The molecule has 0 fully saturated rings. The van der Waals surface area contributed by atoms with Crippen molar-refractivity contribution in [3.8, 4) is 11.5 Å². The number of rotatable bonds is 2. The van der Waals surface area contributed by atoms with E-state index in [0.717, 1.165) is 37.4 Å². The second-order valence-corrected chi connectivity index (χ2v) is 5.43. The molecule has 0 atom stereocenters. The van der Waals surface area contributed by atoms with E-state index in [2.05, 4.69) is 28.5 Å². The first kappa shape index (κ1) is 14.9. The Morgan fingerprint density at radius 1 is 0.864 bits per heavy atom. The topological polar surface area (TPSA) is 37.0 Å². The molecule has 4 rings (SSSR count). The first-order valence-electron chi connectivity index (χ1n) is 7.48. The van der Waals surface area contributed by atoms with Gasteiger partial charge in [0.15, 0.2) is 0 Å². The number of hydrogen-bond acceptors (Lipinski definition) is 2. The number of halogens is 1. The quantitative estimate of drug-likeness (QED) is 0.748. The Hall–Kier alpha value is -1.97. The van der Waals surface area contributed by atoms with Gasteiger partial charge in [0.2, 0.25) is 0 Å². The molecule has 22 heavy (non-hydrogen) atoms. The molecule has 0 saturated carbocycles. The van der Waals surface area contributed by atoms with E-state index in [1.165, 1.54) is 22.2 Å². The van der Waals surface area contributed by atoms with E-state index >= 15 is 0 Å². The van der Waals surface area contributed by atoms with Crippen molar-refractivity contribution >= 4 is 23.3 Å². The summed E-state index contributed by atoms with van der Waals surface area (Å²) >= 11 is 0. The summed E-state index contributed by atoms with van der Waals surface area (Å²) in [4.78, 5) is 3.56. The van der Waals surface area contributed by atoms with Crippen LogP contribution in [0.2, 0.25) is 0 Å². The number of hydrogen-bond donors (Lipinski definition) is 2. The minimum absolute atomic E-state index is 0. The second-order valence-electron chi connectivity index (χ2n) is 5.43. The van der Waals surface area contributed by atoms with Gasteiger partial charge in [0, 0.05) is 29.6 Å². The molecular formula is C18H19ClN2O. The summed E-state index contributed by atoms with van der Waals surface area (Å²) in [6, 6.07) is 16.2. The fourth-order valence-corrected chi connectivity index (χ4v) is 3.08. The van der Waals surface area contributed by atoms with Crippen LogP contribution in [0.5, 0.6) is 11.5 Å². The lowest BCUT2D eigenvalue weighted by molar-refractivity contribution is 0.488. The smallest absolute Gasteiger partial charge is 0.137 e. The van der Waals surface area contributed by atoms with Crippen LogP contribution in [0, 0.1) is 0 Å². The molecular weight excluding hydrogens is 296 g/mol. The number of H-pyrrole nitrogens is 1. The summed E-state index contributed by atoms with van der Waals surface area (Å²) in [6.45, 7) is 2.06. The average molecular weight is 315 g/mol. The molecule has 0 spiro atoms. The Labute approximate surface area is 136 Å². The third-order valence-electron chi connectivity index (χ3n) is 4.05. The Bertz CT molecular complexity index is 767. The zero-order valence-corrected chi connectivity index (χ0v) is 13.1. The van der Waals surface area contributed by atoms with E-state index in [1.54, 1.807) is 0 Å². The van der Waals surface area contributed by atoms with Gasteiger partial charge < -0.3 is 15.0 Å². The average Bonchev–Trinajstić information content (AvgIpc) is 2.72. The lowest BCUT2D eigenvalue weighted by Gasteiger charge is -2.08. The highest BCUT2D eigenvalue weighted by molar-refractivity contribution is 5.91. The van der Waals surface area contributed by atoms with Crippen LogP contribution in [0.1, 0.15) is 11.3 Å². The molecule has 2 heterocycles. The van der Waals surface area contributed by atoms with Crippen molar-refractivity contribution in [2.45, 2.75) is 12.8 Å². The van der Waals surface area contributed by atoms with Gasteiger partial charge in [-0.1, -0.05) is 24.3 Å². The second kappa shape index (κ2) is 6.42. The number of aromatic nitrogens is 1. The molecule has 3 aromatic rings. The number of para-hydroxylation sites is 1. The standard InChI is InChI=1S/C18H18N2O.ClH/c1-2-5-13(6-3-1)21-17-8-4-7-16-18(17)14-9-11-19-12-10-15(14)20-16;/h1-8,19-20H,9-12H2;1H. The van der Waals surface area contributed by atoms with Crippen molar-refractivity contribution in [1.29, 1.82) is 0 Å². The molecule has 0 radical (unpaired) electrons. The van der Waals surface area contributed by atoms with Crippen LogP contribution in [0.4, 0.5) is 0 Å². The summed E-state index contributed by atoms with van der Waals surface area (Å²) < 4.78 is 6.12. The summed E-state index contributed by atoms with van der Waals surface area (Å²) in [7, 11) is 0. The predicted octanol–water partition coefficient (Wildman–Crippen LogP) is 4.07. The zero-order valence-electron chi connectivity index (χ0n) is 12.3. The van der Waals surface area contributed by atoms with Crippen LogP contribution in [0.15, 0.2) is 48.5 Å². The monoisotopic (exact) mass is 314 g/mol. The van der Waals surface area contributed by atoms with Gasteiger partial charge in [0.05, 0.1) is 0 Å². The summed E-state index contributed by atoms with van der Waals surface area (Å²) in [5.41, 5.74) is 3.93. The van der Waals surface area contributed by atoms with E-state index < -0.39 is 0 Å². The van der Waals surface area contributed by atoms with E-state index in [9.17, 15) is 0 Å². The van der Waals surface area contributed by atoms with Crippen LogP contribution < -0.4 is 10.1 Å². The molecule has 2 aromatic carbocycles. The highest BCUT2D eigenvalue weighted by atomic mass is 35.5. The van der Waals surface area contributed by atoms with Crippen molar-refractivity contribution in [2.75, 3.05) is 13.1 Å². The maximum Gasteiger partial charge on any atom is 0.137 e. The van der Waals surface area contributed by atoms with Crippen molar-refractivity contribution in [2.24, 2.45) is 0 Å². The van der Waals surface area contributed by atoms with Gasteiger partial charge in [-0.3, -0.25) is 0 Å². The minimum atomic E-state index is 0. The molecule has 2 N–H and O–H groups in total. The molecule has 114 valence electrons. The third kappa shape index (κ3) is 2.70. The number of ether oxygens (including phenoxy) is 1. The maximum atomic E-state index is 6.12. The Morgan fingerprint density at radius 2 is 1.68 bits per heavy atom. The highest BCUT2D eigenvalue weighted by Gasteiger charge is 2.17. The van der Waals surface area contributed by atoms with E-state index in [0.29, 0.717) is 0 Å². The molecule has 0 saturated heterocycles. The zero-order chi connectivity index (χ0) is 14.1. The Morgan fingerprint density at radius 3 is 2.55 bits per heavy atom. The van der Waals surface area contributed by atoms with E-state index in [1.807, 2.05) is 30.3 Å². The maximum absolute atomic E-state index is 6.12. The lowest BCUT2D eigenvalue weighted by atomic mass is 10.1. The fourth-order valence-electron chi connectivity index (χ4n) is 3.08. The fraction of sp³-hybridized carbons (Fsp3) is 0.222. The van der Waals surface area contributed by atoms with E-state index in [-0.39, 0.29) is 12.4 Å². The van der Waals surface area contributed by atoms with Gasteiger partial charge in [-0.2, -0.15) is 0 Å². The molecule has 1 aliphatic heterocycles. The van der Waals surface area contributed by atoms with Crippen LogP contribution >= 0.6 is 12.4 Å². The van der Waals surface area contributed by atoms with Crippen LogP contribution in [0.3, 0.4) is 0 Å². The first-order valence-corrected chi connectivity index (χ1v) is 7.48. The largest absolute Gasteiger partial charge is 0.457 e. The van der Waals surface area contributed by atoms with Crippen molar-refractivity contribution < 1.29 is 4.74 Å². The van der Waals surface area contributed by atoms with Gasteiger partial charge >= 0.3 is 0 Å². The Kier molecular flexibility index (Phi) is 4.36. The minimum Gasteiger partial charge on any atom is -0.457 e. The first-order chi connectivity index (χ1) is 10.4. The third-order valence-corrected chi connectivity index (χ3v) is 4.05. The summed E-state index contributed by atoms with van der Waals surface area (Å²) in [6.07, 6.45) is 2.10. The van der Waals surface area contributed by atoms with Gasteiger partial charge in [0.25, 0.3) is 0 Å². The predicted molar refractivity (Wildman–Crippen MR) is 92.3 cm³/mol. The van der Waals surface area contributed by atoms with Crippen molar-refractivity contribution in [3.63, 3.8) is 0 Å². The van der Waals surface area contributed by atoms with Gasteiger partial charge in [-0.15, -0.1) is 12.4 Å². The number of nitrogens with one attached hydrogen (secondary N) is 2. The molecule has 0 amide bonds. The molecule has 1 aliphatic rings. The van der Waals surface area contributed by atoms with Crippen LogP contribution in [0.25, 0.3) is 10.9 Å². The number of benzene rings is 2. The van der Waals surface area contributed by atoms with Crippen LogP contribution in [-0.2, 0) is 12.8 Å². The SMILES string of the molecule is Cl.c1ccc(Oc2cccc3[nH]c4c(c23)CCNCC4)cc1. The molecule has 0 bridgehead atoms. The van der Waals surface area contributed by atoms with Gasteiger partial charge in [-0.05, 0) is 42.8 Å². The highest BCUT2D eigenvalue weighted by Crippen LogP contribution is 2.35. The summed E-state index contributed by atoms with van der Waals surface area (Å²) in [5.74, 6) is 1.82. The van der Waals surface area contributed by atoms with Gasteiger partial charge in [-0.25, -0.2) is 0 Å². The van der Waals surface area contributed by atoms with E-state index in [4.69, 9.17) is 4.74 Å². The Balaban J connectivity index is 0.00000144. The molecule has 1 aromatic heterocycles. The van der Waals surface area contributed by atoms with Crippen molar-refractivity contribution in [3.05, 3.63) is 59.8 Å². The van der Waals surface area contributed by atoms with Crippen LogP contribution in [-0.4, -0.2) is 18.1 Å². The normalized spacial score (nSPS) is 14.0. The molecule has 0 unspecified atom stereocenters. The molecule has 0 aliphatic carbocycles. The summed E-state index contributed by atoms with van der Waals surface area (Å²) in [5, 5.41) is 4.69. The number of aromatic amines is 1. The van der Waals surface area contributed by atoms with Gasteiger partial charge in [0.1, 0.15) is 11.5 Å². The molecule has 4 heteroatoms.